The van der Waals surface area contributed by atoms with E-state index in [4.69, 9.17) is 0 Å². The van der Waals surface area contributed by atoms with Gasteiger partial charge in [0.1, 0.15) is 5.82 Å². The van der Waals surface area contributed by atoms with E-state index in [1.807, 2.05) is 11.0 Å². The van der Waals surface area contributed by atoms with Gasteiger partial charge in [0, 0.05) is 50.8 Å². The minimum Gasteiger partial charge on any atom is -0.353 e. The van der Waals surface area contributed by atoms with Crippen molar-refractivity contribution < 1.29 is 18.0 Å². The number of amides is 1. The van der Waals surface area contributed by atoms with Crippen LogP contribution < -0.4 is 4.90 Å². The quantitative estimate of drug-likeness (QED) is 0.788. The van der Waals surface area contributed by atoms with Crippen molar-refractivity contribution in [2.24, 2.45) is 0 Å². The highest BCUT2D eigenvalue weighted by molar-refractivity contribution is 5.91. The second kappa shape index (κ2) is 7.55. The molecule has 0 saturated carbocycles. The lowest BCUT2D eigenvalue weighted by Crippen LogP contribution is -2.48. The molecule has 0 radical (unpaired) electrons. The van der Waals surface area contributed by atoms with Crippen molar-refractivity contribution in [2.75, 3.05) is 31.1 Å². The number of aromatic nitrogens is 2. The number of carbonyl (C=O) groups is 1. The van der Waals surface area contributed by atoms with E-state index in [2.05, 4.69) is 9.97 Å². The Hall–Kier alpha value is -2.90. The van der Waals surface area contributed by atoms with Crippen molar-refractivity contribution in [1.29, 1.82) is 0 Å². The minimum absolute atomic E-state index is 0.103. The molecule has 5 nitrogen and oxygen atoms in total. The van der Waals surface area contributed by atoms with Crippen LogP contribution in [0.2, 0.25) is 0 Å². The lowest BCUT2D eigenvalue weighted by atomic mass is 10.2. The summed E-state index contributed by atoms with van der Waals surface area (Å²) in [5, 5.41) is 0. The molecule has 1 amide bonds. The molecule has 2 aromatic heterocycles. The zero-order valence-corrected chi connectivity index (χ0v) is 13.9. The van der Waals surface area contributed by atoms with Crippen LogP contribution in [-0.4, -0.2) is 47.0 Å². The highest BCUT2D eigenvalue weighted by Gasteiger charge is 2.31. The van der Waals surface area contributed by atoms with Gasteiger partial charge in [-0.25, -0.2) is 4.98 Å². The van der Waals surface area contributed by atoms with Gasteiger partial charge in [-0.2, -0.15) is 13.2 Å². The Kier molecular flexibility index (Phi) is 5.20. The van der Waals surface area contributed by atoms with Gasteiger partial charge in [0.15, 0.2) is 0 Å². The Morgan fingerprint density at radius 3 is 2.42 bits per heavy atom. The average Bonchev–Trinajstić information content (AvgIpc) is 2.66. The number of anilines is 1. The number of halogens is 3. The maximum atomic E-state index is 12.6. The zero-order chi connectivity index (χ0) is 18.6. The van der Waals surface area contributed by atoms with Crippen molar-refractivity contribution in [1.82, 2.24) is 14.9 Å². The third-order valence-electron chi connectivity index (χ3n) is 4.09. The van der Waals surface area contributed by atoms with Gasteiger partial charge in [0.2, 0.25) is 5.91 Å². The van der Waals surface area contributed by atoms with Crippen molar-refractivity contribution in [3.63, 3.8) is 0 Å². The molecule has 0 bridgehead atoms. The summed E-state index contributed by atoms with van der Waals surface area (Å²) >= 11 is 0. The van der Waals surface area contributed by atoms with Crippen LogP contribution in [0, 0.1) is 0 Å². The first-order chi connectivity index (χ1) is 12.4. The van der Waals surface area contributed by atoms with Gasteiger partial charge < -0.3 is 9.80 Å². The fraction of sp³-hybridized carbons (Fsp3) is 0.278. The molecule has 3 heterocycles. The number of rotatable bonds is 3. The van der Waals surface area contributed by atoms with E-state index in [0.29, 0.717) is 32.0 Å². The van der Waals surface area contributed by atoms with Gasteiger partial charge in [-0.15, -0.1) is 0 Å². The molecule has 0 spiro atoms. The van der Waals surface area contributed by atoms with E-state index < -0.39 is 11.7 Å². The van der Waals surface area contributed by atoms with Crippen molar-refractivity contribution in [2.45, 2.75) is 6.18 Å². The molecule has 0 N–H and O–H groups in total. The van der Waals surface area contributed by atoms with E-state index in [9.17, 15) is 18.0 Å². The lowest BCUT2D eigenvalue weighted by molar-refractivity contribution is -0.137. The molecule has 136 valence electrons. The SMILES string of the molecule is O=C(/C=C/c1cccnc1)N1CCN(c2ccc(C(F)(F)F)cn2)CC1. The first-order valence-electron chi connectivity index (χ1n) is 8.09. The fourth-order valence-corrected chi connectivity index (χ4v) is 2.64. The van der Waals surface area contributed by atoms with E-state index in [0.717, 1.165) is 17.8 Å². The monoisotopic (exact) mass is 362 g/mol. The number of nitrogens with zero attached hydrogens (tertiary/aromatic N) is 4. The van der Waals surface area contributed by atoms with Gasteiger partial charge >= 0.3 is 6.18 Å². The molecule has 26 heavy (non-hydrogen) atoms. The zero-order valence-electron chi connectivity index (χ0n) is 13.9. The highest BCUT2D eigenvalue weighted by Crippen LogP contribution is 2.29. The van der Waals surface area contributed by atoms with Gasteiger partial charge in [-0.05, 0) is 29.8 Å². The Morgan fingerprint density at radius 1 is 1.08 bits per heavy atom. The van der Waals surface area contributed by atoms with Crippen LogP contribution in [0.15, 0.2) is 48.9 Å². The first kappa shape index (κ1) is 17.9. The smallest absolute Gasteiger partial charge is 0.353 e. The maximum absolute atomic E-state index is 12.6. The van der Waals surface area contributed by atoms with Crippen LogP contribution in [-0.2, 0) is 11.0 Å². The van der Waals surface area contributed by atoms with Gasteiger partial charge in [-0.1, -0.05) is 6.07 Å². The molecule has 3 rings (SSSR count). The molecule has 1 fully saturated rings. The third kappa shape index (κ3) is 4.38. The summed E-state index contributed by atoms with van der Waals surface area (Å²) in [5.74, 6) is 0.380. The number of piperazine rings is 1. The largest absolute Gasteiger partial charge is 0.417 e. The molecular weight excluding hydrogens is 345 g/mol. The molecular formula is C18H17F3N4O. The Labute approximate surface area is 148 Å². The number of pyridine rings is 2. The van der Waals surface area contributed by atoms with Crippen LogP contribution in [0.4, 0.5) is 19.0 Å². The second-order valence-electron chi connectivity index (χ2n) is 5.83. The Bertz CT molecular complexity index is 767. The summed E-state index contributed by atoms with van der Waals surface area (Å²) in [5.41, 5.74) is 0.0732. The van der Waals surface area contributed by atoms with Gasteiger partial charge in [0.25, 0.3) is 0 Å². The second-order valence-corrected chi connectivity index (χ2v) is 5.83. The summed E-state index contributed by atoms with van der Waals surface area (Å²) in [6.07, 6.45) is 2.98. The fourth-order valence-electron chi connectivity index (χ4n) is 2.64. The predicted molar refractivity (Wildman–Crippen MR) is 91.3 cm³/mol. The van der Waals surface area contributed by atoms with Gasteiger partial charge in [-0.3, -0.25) is 9.78 Å². The molecule has 8 heteroatoms. The molecule has 1 aliphatic heterocycles. The molecule has 0 atom stereocenters. The van der Waals surface area contributed by atoms with Gasteiger partial charge in [0.05, 0.1) is 5.56 Å². The summed E-state index contributed by atoms with van der Waals surface area (Å²) in [6.45, 7) is 2.01. The number of hydrogen-bond donors (Lipinski definition) is 0. The van der Waals surface area contributed by atoms with Crippen molar-refractivity contribution in [3.05, 3.63) is 60.1 Å². The van der Waals surface area contributed by atoms with E-state index in [1.165, 1.54) is 12.1 Å². The van der Waals surface area contributed by atoms with Crippen LogP contribution in [0.1, 0.15) is 11.1 Å². The Morgan fingerprint density at radius 2 is 1.85 bits per heavy atom. The summed E-state index contributed by atoms with van der Waals surface area (Å²) in [6, 6.07) is 6.03. The van der Waals surface area contributed by atoms with Crippen LogP contribution in [0.5, 0.6) is 0 Å². The molecule has 0 aromatic carbocycles. The van der Waals surface area contributed by atoms with E-state index >= 15 is 0 Å². The first-order valence-corrected chi connectivity index (χ1v) is 8.09. The molecule has 0 unspecified atom stereocenters. The predicted octanol–water partition coefficient (Wildman–Crippen LogP) is 2.86. The molecule has 0 aliphatic carbocycles. The van der Waals surface area contributed by atoms with Crippen molar-refractivity contribution in [3.8, 4) is 0 Å². The maximum Gasteiger partial charge on any atom is 0.417 e. The van der Waals surface area contributed by atoms with Crippen molar-refractivity contribution >= 4 is 17.8 Å². The van der Waals surface area contributed by atoms with E-state index in [-0.39, 0.29) is 5.91 Å². The number of hydrogen-bond acceptors (Lipinski definition) is 4. The molecule has 1 saturated heterocycles. The summed E-state index contributed by atoms with van der Waals surface area (Å²) in [7, 11) is 0. The topological polar surface area (TPSA) is 49.3 Å². The number of carbonyl (C=O) groups excluding carboxylic acids is 1. The standard InChI is InChI=1S/C18H17F3N4O/c19-18(20,21)15-4-5-16(23-13-15)24-8-10-25(11-9-24)17(26)6-3-14-2-1-7-22-12-14/h1-7,12-13H,8-11H2/b6-3+. The third-order valence-corrected chi connectivity index (χ3v) is 4.09. The van der Waals surface area contributed by atoms with Crippen LogP contribution in [0.25, 0.3) is 6.08 Å². The van der Waals surface area contributed by atoms with Crippen LogP contribution in [0.3, 0.4) is 0 Å². The summed E-state index contributed by atoms with van der Waals surface area (Å²) in [4.78, 5) is 23.7. The van der Waals surface area contributed by atoms with Crippen LogP contribution >= 0.6 is 0 Å². The number of alkyl halides is 3. The lowest BCUT2D eigenvalue weighted by Gasteiger charge is -2.35. The molecule has 2 aromatic rings. The summed E-state index contributed by atoms with van der Waals surface area (Å²) < 4.78 is 37.8. The molecule has 1 aliphatic rings. The van der Waals surface area contributed by atoms with E-state index in [1.54, 1.807) is 29.4 Å². The Balaban J connectivity index is 1.55. The highest BCUT2D eigenvalue weighted by atomic mass is 19.4. The average molecular weight is 362 g/mol. The normalized spacial score (nSPS) is 15.5. The minimum atomic E-state index is -4.39.